The maximum Gasteiger partial charge on any atom is 0.257 e. The monoisotopic (exact) mass is 243 g/mol. The van der Waals surface area contributed by atoms with Crippen LogP contribution < -0.4 is 0 Å². The Bertz CT molecular complexity index is 545. The van der Waals surface area contributed by atoms with E-state index in [-0.39, 0.29) is 5.91 Å². The molecule has 0 aliphatic carbocycles. The first-order valence-electron chi connectivity index (χ1n) is 5.95. The van der Waals surface area contributed by atoms with Crippen molar-refractivity contribution in [3.8, 4) is 5.82 Å². The molecule has 0 spiro atoms. The number of hydrogen-bond acceptors (Lipinski definition) is 4. The van der Waals surface area contributed by atoms with Crippen molar-refractivity contribution in [2.24, 2.45) is 0 Å². The molecular weight excluding hydrogens is 230 g/mol. The number of nitrogens with zero attached hydrogens (tertiary/aromatic N) is 5. The molecule has 2 aromatic rings. The van der Waals surface area contributed by atoms with Crippen LogP contribution in [0.15, 0.2) is 31.0 Å². The van der Waals surface area contributed by atoms with E-state index in [2.05, 4.69) is 15.1 Å². The van der Waals surface area contributed by atoms with E-state index in [4.69, 9.17) is 0 Å². The van der Waals surface area contributed by atoms with Crippen LogP contribution in [0.5, 0.6) is 0 Å². The number of likely N-dealkylation sites (tertiary alicyclic amines) is 1. The van der Waals surface area contributed by atoms with Gasteiger partial charge in [-0.2, -0.15) is 5.10 Å². The Morgan fingerprint density at radius 1 is 1.17 bits per heavy atom. The molecule has 0 aromatic carbocycles. The molecule has 1 saturated heterocycles. The Kier molecular flexibility index (Phi) is 2.76. The predicted molar refractivity (Wildman–Crippen MR) is 64.3 cm³/mol. The molecule has 1 fully saturated rings. The quantitative estimate of drug-likeness (QED) is 0.786. The van der Waals surface area contributed by atoms with E-state index >= 15 is 0 Å². The summed E-state index contributed by atoms with van der Waals surface area (Å²) in [4.78, 5) is 22.1. The Hall–Kier alpha value is -2.24. The highest BCUT2D eigenvalue weighted by atomic mass is 16.2. The summed E-state index contributed by atoms with van der Waals surface area (Å²) < 4.78 is 1.57. The fraction of sp³-hybridized carbons (Fsp3) is 0.333. The van der Waals surface area contributed by atoms with Crippen molar-refractivity contribution in [1.29, 1.82) is 0 Å². The summed E-state index contributed by atoms with van der Waals surface area (Å²) in [6.45, 7) is 1.68. The van der Waals surface area contributed by atoms with Gasteiger partial charge < -0.3 is 4.90 Å². The molecule has 0 bridgehead atoms. The number of rotatable bonds is 2. The minimum Gasteiger partial charge on any atom is -0.339 e. The summed E-state index contributed by atoms with van der Waals surface area (Å²) in [6, 6.07) is 0. The minimum atomic E-state index is 0.0441. The lowest BCUT2D eigenvalue weighted by Gasteiger charge is -2.13. The highest BCUT2D eigenvalue weighted by molar-refractivity contribution is 5.93. The molecule has 6 nitrogen and oxygen atoms in total. The number of carbonyl (C=O) groups excluding carboxylic acids is 1. The van der Waals surface area contributed by atoms with Gasteiger partial charge in [0.2, 0.25) is 0 Å². The topological polar surface area (TPSA) is 63.9 Å². The molecule has 0 radical (unpaired) electrons. The lowest BCUT2D eigenvalue weighted by Crippen LogP contribution is -2.27. The lowest BCUT2D eigenvalue weighted by molar-refractivity contribution is 0.0793. The van der Waals surface area contributed by atoms with Crippen molar-refractivity contribution in [3.63, 3.8) is 0 Å². The van der Waals surface area contributed by atoms with Crippen LogP contribution in [0.25, 0.3) is 5.82 Å². The second-order valence-corrected chi connectivity index (χ2v) is 4.24. The summed E-state index contributed by atoms with van der Waals surface area (Å²) in [5, 5.41) is 4.15. The average molecular weight is 243 g/mol. The third-order valence-electron chi connectivity index (χ3n) is 3.01. The molecule has 3 heterocycles. The van der Waals surface area contributed by atoms with Gasteiger partial charge in [0.05, 0.1) is 18.0 Å². The van der Waals surface area contributed by atoms with Gasteiger partial charge in [0.15, 0.2) is 5.82 Å². The Balaban J connectivity index is 1.83. The van der Waals surface area contributed by atoms with Crippen LogP contribution >= 0.6 is 0 Å². The highest BCUT2D eigenvalue weighted by Gasteiger charge is 2.20. The van der Waals surface area contributed by atoms with Gasteiger partial charge in [-0.05, 0) is 12.8 Å². The number of amides is 1. The van der Waals surface area contributed by atoms with Crippen LogP contribution in [-0.4, -0.2) is 43.6 Å². The smallest absolute Gasteiger partial charge is 0.257 e. The normalized spacial score (nSPS) is 15.0. The van der Waals surface area contributed by atoms with Crippen LogP contribution in [0.1, 0.15) is 23.2 Å². The first-order valence-corrected chi connectivity index (χ1v) is 5.95. The molecule has 1 amide bonds. The van der Waals surface area contributed by atoms with Crippen molar-refractivity contribution in [2.45, 2.75) is 12.8 Å². The maximum atomic E-state index is 12.1. The van der Waals surface area contributed by atoms with E-state index in [0.29, 0.717) is 11.4 Å². The molecule has 2 aromatic heterocycles. The van der Waals surface area contributed by atoms with Gasteiger partial charge in [-0.15, -0.1) is 0 Å². The van der Waals surface area contributed by atoms with E-state index < -0.39 is 0 Å². The van der Waals surface area contributed by atoms with Crippen LogP contribution in [-0.2, 0) is 0 Å². The highest BCUT2D eigenvalue weighted by Crippen LogP contribution is 2.13. The van der Waals surface area contributed by atoms with E-state index in [1.807, 2.05) is 4.90 Å². The van der Waals surface area contributed by atoms with Gasteiger partial charge in [0.1, 0.15) is 0 Å². The van der Waals surface area contributed by atoms with E-state index in [0.717, 1.165) is 25.9 Å². The molecule has 6 heteroatoms. The van der Waals surface area contributed by atoms with Gasteiger partial charge in [0.25, 0.3) is 5.91 Å². The zero-order valence-electron chi connectivity index (χ0n) is 9.86. The number of aromatic nitrogens is 4. The van der Waals surface area contributed by atoms with Crippen molar-refractivity contribution in [1.82, 2.24) is 24.6 Å². The summed E-state index contributed by atoms with van der Waals surface area (Å²) in [5.41, 5.74) is 0.600. The zero-order valence-corrected chi connectivity index (χ0v) is 9.86. The van der Waals surface area contributed by atoms with Gasteiger partial charge in [-0.3, -0.25) is 9.78 Å². The minimum absolute atomic E-state index is 0.0441. The molecule has 3 rings (SSSR count). The van der Waals surface area contributed by atoms with Gasteiger partial charge in [-0.25, -0.2) is 9.67 Å². The van der Waals surface area contributed by atoms with E-state index in [1.165, 1.54) is 0 Å². The molecule has 92 valence electrons. The molecule has 0 saturated carbocycles. The van der Waals surface area contributed by atoms with Crippen LogP contribution in [0.4, 0.5) is 0 Å². The fourth-order valence-electron chi connectivity index (χ4n) is 2.07. The van der Waals surface area contributed by atoms with E-state index in [9.17, 15) is 4.79 Å². The fourth-order valence-corrected chi connectivity index (χ4v) is 2.07. The van der Waals surface area contributed by atoms with E-state index in [1.54, 1.807) is 35.7 Å². The van der Waals surface area contributed by atoms with Gasteiger partial charge in [-0.1, -0.05) is 0 Å². The molecule has 1 aliphatic rings. The second kappa shape index (κ2) is 4.56. The second-order valence-electron chi connectivity index (χ2n) is 4.24. The molecule has 0 unspecified atom stereocenters. The third-order valence-corrected chi connectivity index (χ3v) is 3.01. The Labute approximate surface area is 104 Å². The standard InChI is InChI=1S/C12H13N5O/c18-12(16-5-1-2-6-16)10-7-15-17(9-10)11-8-13-3-4-14-11/h3-4,7-9H,1-2,5-6H2. The van der Waals surface area contributed by atoms with Crippen molar-refractivity contribution in [2.75, 3.05) is 13.1 Å². The Morgan fingerprint density at radius 3 is 2.72 bits per heavy atom. The summed E-state index contributed by atoms with van der Waals surface area (Å²) in [5.74, 6) is 0.653. The first-order chi connectivity index (χ1) is 8.84. The largest absolute Gasteiger partial charge is 0.339 e. The summed E-state index contributed by atoms with van der Waals surface area (Å²) in [6.07, 6.45) is 10.3. The molecule has 0 N–H and O–H groups in total. The zero-order chi connectivity index (χ0) is 12.4. The van der Waals surface area contributed by atoms with Crippen LogP contribution in [0, 0.1) is 0 Å². The molecule has 1 aliphatic heterocycles. The van der Waals surface area contributed by atoms with Crippen molar-refractivity contribution >= 4 is 5.91 Å². The summed E-state index contributed by atoms with van der Waals surface area (Å²) >= 11 is 0. The number of hydrogen-bond donors (Lipinski definition) is 0. The first kappa shape index (κ1) is 10.9. The Morgan fingerprint density at radius 2 is 2.00 bits per heavy atom. The lowest BCUT2D eigenvalue weighted by atomic mass is 10.3. The maximum absolute atomic E-state index is 12.1. The average Bonchev–Trinajstić information content (AvgIpc) is 3.10. The van der Waals surface area contributed by atoms with Crippen molar-refractivity contribution in [3.05, 3.63) is 36.5 Å². The molecular formula is C12H13N5O. The van der Waals surface area contributed by atoms with Crippen LogP contribution in [0.2, 0.25) is 0 Å². The van der Waals surface area contributed by atoms with Gasteiger partial charge >= 0.3 is 0 Å². The third kappa shape index (κ3) is 1.97. The molecule has 18 heavy (non-hydrogen) atoms. The van der Waals surface area contributed by atoms with Gasteiger partial charge in [0, 0.05) is 31.7 Å². The SMILES string of the molecule is O=C(c1cnn(-c2cnccn2)c1)N1CCCC1. The predicted octanol–water partition coefficient (Wildman–Crippen LogP) is 0.898. The van der Waals surface area contributed by atoms with Crippen LogP contribution in [0.3, 0.4) is 0 Å². The number of carbonyl (C=O) groups is 1. The molecule has 0 atom stereocenters. The van der Waals surface area contributed by atoms with Crippen molar-refractivity contribution < 1.29 is 4.79 Å². The summed E-state index contributed by atoms with van der Waals surface area (Å²) in [7, 11) is 0.